The molecule has 2 heteroatoms. The average molecular weight is 216 g/mol. The van der Waals surface area contributed by atoms with Crippen molar-refractivity contribution in [3.63, 3.8) is 0 Å². The second-order valence-corrected chi connectivity index (χ2v) is 8.12. The van der Waals surface area contributed by atoms with Crippen LogP contribution in [-0.4, -0.2) is 8.32 Å². The summed E-state index contributed by atoms with van der Waals surface area (Å²) in [6.45, 7) is 9.01. The molecule has 0 aromatic heterocycles. The van der Waals surface area contributed by atoms with Crippen LogP contribution in [0.1, 0.15) is 11.1 Å². The quantitative estimate of drug-likeness (QED) is 0.653. The number of rotatable bonds is 1. The van der Waals surface area contributed by atoms with E-state index in [0.29, 0.717) is 0 Å². The Morgan fingerprint density at radius 3 is 2.80 bits per heavy atom. The van der Waals surface area contributed by atoms with Gasteiger partial charge in [0.2, 0.25) is 8.32 Å². The Hall–Kier alpha value is -1.12. The van der Waals surface area contributed by atoms with Crippen LogP contribution < -0.4 is 0 Å². The third-order valence-electron chi connectivity index (χ3n) is 2.83. The van der Waals surface area contributed by atoms with Crippen molar-refractivity contribution in [1.29, 1.82) is 0 Å². The smallest absolute Gasteiger partial charge is 0.219 e. The topological polar surface area (TPSA) is 9.23 Å². The van der Waals surface area contributed by atoms with E-state index in [1.807, 2.05) is 6.08 Å². The van der Waals surface area contributed by atoms with Crippen LogP contribution in [-0.2, 0) is 11.0 Å². The number of hydrogen-bond acceptors (Lipinski definition) is 1. The fourth-order valence-electron chi connectivity index (χ4n) is 1.98. The maximum Gasteiger partial charge on any atom is 0.219 e. The highest BCUT2D eigenvalue weighted by atomic mass is 28.4. The van der Waals surface area contributed by atoms with Gasteiger partial charge in [-0.05, 0) is 29.4 Å². The van der Waals surface area contributed by atoms with E-state index in [1.54, 1.807) is 0 Å². The molecular weight excluding hydrogens is 200 g/mol. The SMILES string of the molecule is C=C/C=C1/c2ccccc2CO[Si]1(C)C. The summed E-state index contributed by atoms with van der Waals surface area (Å²) < 4.78 is 5.98. The summed E-state index contributed by atoms with van der Waals surface area (Å²) in [5.74, 6) is 0. The van der Waals surface area contributed by atoms with Gasteiger partial charge in [-0.3, -0.25) is 0 Å². The van der Waals surface area contributed by atoms with Crippen LogP contribution in [0.4, 0.5) is 0 Å². The molecule has 1 aliphatic rings. The van der Waals surface area contributed by atoms with E-state index in [2.05, 4.69) is 50.0 Å². The predicted octanol–water partition coefficient (Wildman–Crippen LogP) is 3.53. The second kappa shape index (κ2) is 3.80. The lowest BCUT2D eigenvalue weighted by atomic mass is 10.1. The van der Waals surface area contributed by atoms with Gasteiger partial charge in [0.25, 0.3) is 0 Å². The molecule has 1 nitrogen and oxygen atoms in total. The minimum absolute atomic E-state index is 0.754. The van der Waals surface area contributed by atoms with E-state index in [4.69, 9.17) is 4.43 Å². The van der Waals surface area contributed by atoms with E-state index in [9.17, 15) is 0 Å². The molecule has 0 unspecified atom stereocenters. The van der Waals surface area contributed by atoms with Crippen LogP contribution in [0.3, 0.4) is 0 Å². The van der Waals surface area contributed by atoms with Gasteiger partial charge in [0.15, 0.2) is 0 Å². The molecule has 15 heavy (non-hydrogen) atoms. The van der Waals surface area contributed by atoms with Crippen molar-refractivity contribution in [2.75, 3.05) is 0 Å². The van der Waals surface area contributed by atoms with Gasteiger partial charge in [-0.15, -0.1) is 0 Å². The van der Waals surface area contributed by atoms with Gasteiger partial charge in [0, 0.05) is 0 Å². The van der Waals surface area contributed by atoms with Crippen LogP contribution in [0.2, 0.25) is 13.1 Å². The first kappa shape index (κ1) is 10.4. The van der Waals surface area contributed by atoms with Crippen molar-refractivity contribution in [2.45, 2.75) is 19.7 Å². The van der Waals surface area contributed by atoms with Crippen LogP contribution in [0, 0.1) is 0 Å². The zero-order valence-electron chi connectivity index (χ0n) is 9.29. The summed E-state index contributed by atoms with van der Waals surface area (Å²) in [7, 11) is -1.70. The molecule has 1 aliphatic heterocycles. The van der Waals surface area contributed by atoms with Crippen molar-refractivity contribution in [3.8, 4) is 0 Å². The van der Waals surface area contributed by atoms with Crippen molar-refractivity contribution in [3.05, 3.63) is 54.1 Å². The molecule has 0 amide bonds. The van der Waals surface area contributed by atoms with Crippen LogP contribution >= 0.6 is 0 Å². The van der Waals surface area contributed by atoms with Gasteiger partial charge < -0.3 is 4.43 Å². The number of hydrogen-bond donors (Lipinski definition) is 0. The van der Waals surface area contributed by atoms with Gasteiger partial charge in [0.05, 0.1) is 6.61 Å². The molecule has 0 N–H and O–H groups in total. The molecular formula is C13H16OSi. The third-order valence-corrected chi connectivity index (χ3v) is 5.43. The molecule has 1 aromatic carbocycles. The Morgan fingerprint density at radius 2 is 2.07 bits per heavy atom. The first-order chi connectivity index (χ1) is 7.15. The van der Waals surface area contributed by atoms with Gasteiger partial charge >= 0.3 is 0 Å². The standard InChI is InChI=1S/C13H16OSi/c1-4-7-13-12-9-6-5-8-11(12)10-14-15(13,2)3/h4-9H,1,10H2,2-3H3/b13-7-. The lowest BCUT2D eigenvalue weighted by molar-refractivity contribution is 0.299. The second-order valence-electron chi connectivity index (χ2n) is 4.27. The van der Waals surface area contributed by atoms with Crippen LogP contribution in [0.5, 0.6) is 0 Å². The maximum absolute atomic E-state index is 5.98. The summed E-state index contributed by atoms with van der Waals surface area (Å²) in [5.41, 5.74) is 2.64. The zero-order valence-corrected chi connectivity index (χ0v) is 10.3. The Balaban J connectivity index is 2.58. The van der Waals surface area contributed by atoms with E-state index in [0.717, 1.165) is 6.61 Å². The van der Waals surface area contributed by atoms with Gasteiger partial charge in [0.1, 0.15) is 0 Å². The first-order valence-electron chi connectivity index (χ1n) is 5.20. The van der Waals surface area contributed by atoms with Crippen molar-refractivity contribution >= 4 is 13.5 Å². The highest BCUT2D eigenvalue weighted by Crippen LogP contribution is 2.34. The summed E-state index contributed by atoms with van der Waals surface area (Å²) in [4.78, 5) is 0. The molecule has 0 aliphatic carbocycles. The van der Waals surface area contributed by atoms with E-state index < -0.39 is 8.32 Å². The number of fused-ring (bicyclic) bond motifs is 1. The minimum atomic E-state index is -1.70. The summed E-state index contributed by atoms with van der Waals surface area (Å²) >= 11 is 0. The third kappa shape index (κ3) is 1.83. The lowest BCUT2D eigenvalue weighted by Gasteiger charge is -2.32. The molecule has 0 saturated heterocycles. The largest absolute Gasteiger partial charge is 0.409 e. The van der Waals surface area contributed by atoms with E-state index in [-0.39, 0.29) is 0 Å². The molecule has 0 atom stereocenters. The van der Waals surface area contributed by atoms with Crippen LogP contribution in [0.15, 0.2) is 43.0 Å². The molecule has 0 radical (unpaired) electrons. The van der Waals surface area contributed by atoms with Crippen LogP contribution in [0.25, 0.3) is 5.20 Å². The van der Waals surface area contributed by atoms with Gasteiger partial charge in [-0.2, -0.15) is 0 Å². The predicted molar refractivity (Wildman–Crippen MR) is 66.9 cm³/mol. The molecule has 0 bridgehead atoms. The van der Waals surface area contributed by atoms with E-state index in [1.165, 1.54) is 16.3 Å². The average Bonchev–Trinajstić information content (AvgIpc) is 2.23. The molecule has 0 fully saturated rings. The molecule has 78 valence electrons. The van der Waals surface area contributed by atoms with Crippen molar-refractivity contribution in [2.24, 2.45) is 0 Å². The highest BCUT2D eigenvalue weighted by molar-refractivity contribution is 6.89. The fourth-order valence-corrected chi connectivity index (χ4v) is 4.06. The molecule has 1 heterocycles. The minimum Gasteiger partial charge on any atom is -0.409 e. The van der Waals surface area contributed by atoms with E-state index >= 15 is 0 Å². The molecule has 2 rings (SSSR count). The fraction of sp³-hybridized carbons (Fsp3) is 0.231. The van der Waals surface area contributed by atoms with Crippen molar-refractivity contribution in [1.82, 2.24) is 0 Å². The lowest BCUT2D eigenvalue weighted by Crippen LogP contribution is -2.36. The molecule has 0 spiro atoms. The molecule has 0 saturated carbocycles. The molecule has 1 aromatic rings. The van der Waals surface area contributed by atoms with Gasteiger partial charge in [-0.25, -0.2) is 0 Å². The summed E-state index contributed by atoms with van der Waals surface area (Å²) in [6, 6.07) is 8.47. The highest BCUT2D eigenvalue weighted by Gasteiger charge is 2.33. The summed E-state index contributed by atoms with van der Waals surface area (Å²) in [5, 5.41) is 1.35. The monoisotopic (exact) mass is 216 g/mol. The maximum atomic E-state index is 5.98. The van der Waals surface area contributed by atoms with Gasteiger partial charge in [-0.1, -0.05) is 43.0 Å². The zero-order chi connectivity index (χ0) is 10.9. The Labute approximate surface area is 92.2 Å². The normalized spacial score (nSPS) is 21.1. The number of allylic oxidation sites excluding steroid dienone is 2. The summed E-state index contributed by atoms with van der Waals surface area (Å²) in [6.07, 6.45) is 3.96. The Kier molecular flexibility index (Phi) is 2.63. The number of benzene rings is 1. The Bertz CT molecular complexity index is 418. The van der Waals surface area contributed by atoms with Crippen molar-refractivity contribution < 1.29 is 4.43 Å². The first-order valence-corrected chi connectivity index (χ1v) is 8.11. The Morgan fingerprint density at radius 1 is 1.33 bits per heavy atom.